The third-order valence-corrected chi connectivity index (χ3v) is 2.93. The zero-order chi connectivity index (χ0) is 15.3. The highest BCUT2D eigenvalue weighted by atomic mass is 16.5. The van der Waals surface area contributed by atoms with E-state index in [0.717, 1.165) is 11.1 Å². The van der Waals surface area contributed by atoms with Gasteiger partial charge in [0, 0.05) is 0 Å². The standard InChI is InChI=1S/C15H21NO4/c1-9(2)14(15(18)19)16-13(17)8-20-12-6-5-10(3)7-11(12)4/h5-7,9,14H,8H2,1-4H3,(H,16,17)(H,18,19)/p-1/t14-/m0/s1. The van der Waals surface area contributed by atoms with Crippen LogP contribution in [0.5, 0.6) is 5.75 Å². The summed E-state index contributed by atoms with van der Waals surface area (Å²) >= 11 is 0. The summed E-state index contributed by atoms with van der Waals surface area (Å²) in [4.78, 5) is 22.6. The molecule has 1 amide bonds. The lowest BCUT2D eigenvalue weighted by atomic mass is 10.1. The van der Waals surface area contributed by atoms with Gasteiger partial charge in [-0.15, -0.1) is 0 Å². The van der Waals surface area contributed by atoms with Crippen molar-refractivity contribution in [3.8, 4) is 5.75 Å². The van der Waals surface area contributed by atoms with Crippen molar-refractivity contribution in [3.63, 3.8) is 0 Å². The molecule has 0 heterocycles. The number of carbonyl (C=O) groups is 2. The highest BCUT2D eigenvalue weighted by molar-refractivity contribution is 5.83. The Morgan fingerprint density at radius 3 is 2.45 bits per heavy atom. The third-order valence-electron chi connectivity index (χ3n) is 2.93. The number of carboxylic acid groups (broad SMARTS) is 1. The van der Waals surface area contributed by atoms with E-state index < -0.39 is 17.9 Å². The average molecular weight is 278 g/mol. The van der Waals surface area contributed by atoms with E-state index in [1.807, 2.05) is 26.0 Å². The minimum Gasteiger partial charge on any atom is -0.548 e. The first kappa shape index (κ1) is 16.0. The van der Waals surface area contributed by atoms with Crippen LogP contribution >= 0.6 is 0 Å². The first-order valence-electron chi connectivity index (χ1n) is 6.51. The van der Waals surface area contributed by atoms with E-state index in [1.54, 1.807) is 19.9 Å². The van der Waals surface area contributed by atoms with Crippen molar-refractivity contribution in [2.75, 3.05) is 6.61 Å². The summed E-state index contributed by atoms with van der Waals surface area (Å²) in [5.74, 6) is -1.40. The van der Waals surface area contributed by atoms with Crippen molar-refractivity contribution in [2.45, 2.75) is 33.7 Å². The quantitative estimate of drug-likeness (QED) is 0.825. The summed E-state index contributed by atoms with van der Waals surface area (Å²) in [6.07, 6.45) is 0. The Morgan fingerprint density at radius 2 is 1.95 bits per heavy atom. The Hall–Kier alpha value is -2.04. The maximum atomic E-state index is 11.7. The maximum Gasteiger partial charge on any atom is 0.258 e. The maximum absolute atomic E-state index is 11.7. The van der Waals surface area contributed by atoms with Gasteiger partial charge in [-0.3, -0.25) is 4.79 Å². The number of benzene rings is 1. The van der Waals surface area contributed by atoms with Gasteiger partial charge >= 0.3 is 0 Å². The molecule has 1 atom stereocenters. The number of hydrogen-bond acceptors (Lipinski definition) is 4. The molecule has 1 aromatic carbocycles. The van der Waals surface area contributed by atoms with Gasteiger partial charge in [0.15, 0.2) is 6.61 Å². The Bertz CT molecular complexity index is 497. The summed E-state index contributed by atoms with van der Waals surface area (Å²) in [7, 11) is 0. The molecule has 0 saturated heterocycles. The Morgan fingerprint density at radius 1 is 1.30 bits per heavy atom. The molecular weight excluding hydrogens is 258 g/mol. The minimum atomic E-state index is -1.29. The fourth-order valence-electron chi connectivity index (χ4n) is 1.82. The normalized spacial score (nSPS) is 12.1. The van der Waals surface area contributed by atoms with Gasteiger partial charge in [-0.2, -0.15) is 0 Å². The van der Waals surface area contributed by atoms with Gasteiger partial charge < -0.3 is 20.0 Å². The number of aryl methyl sites for hydroxylation is 2. The van der Waals surface area contributed by atoms with E-state index >= 15 is 0 Å². The average Bonchev–Trinajstić information content (AvgIpc) is 2.34. The molecule has 0 spiro atoms. The molecule has 110 valence electrons. The van der Waals surface area contributed by atoms with Crippen molar-refractivity contribution in [1.29, 1.82) is 0 Å². The Balaban J connectivity index is 2.57. The van der Waals surface area contributed by atoms with Gasteiger partial charge in [-0.1, -0.05) is 31.5 Å². The largest absolute Gasteiger partial charge is 0.548 e. The topological polar surface area (TPSA) is 78.5 Å². The number of carboxylic acids is 1. The SMILES string of the molecule is Cc1ccc(OCC(=O)N[C@H](C(=O)[O-])C(C)C)c(C)c1. The summed E-state index contributed by atoms with van der Waals surface area (Å²) in [6.45, 7) is 7.03. The van der Waals surface area contributed by atoms with Gasteiger partial charge in [0.25, 0.3) is 5.91 Å². The van der Waals surface area contributed by atoms with Crippen LogP contribution < -0.4 is 15.2 Å². The van der Waals surface area contributed by atoms with Crippen LogP contribution in [0.4, 0.5) is 0 Å². The molecule has 0 saturated carbocycles. The molecule has 0 radical (unpaired) electrons. The fourth-order valence-corrected chi connectivity index (χ4v) is 1.82. The van der Waals surface area contributed by atoms with E-state index in [9.17, 15) is 14.7 Å². The Labute approximate surface area is 118 Å². The number of ether oxygens (including phenoxy) is 1. The molecule has 1 N–H and O–H groups in total. The number of hydrogen-bond donors (Lipinski definition) is 1. The number of nitrogens with one attached hydrogen (secondary N) is 1. The second kappa shape index (κ2) is 6.93. The van der Waals surface area contributed by atoms with Crippen LogP contribution in [0.2, 0.25) is 0 Å². The van der Waals surface area contributed by atoms with Crippen LogP contribution in [0.1, 0.15) is 25.0 Å². The lowest BCUT2D eigenvalue weighted by Crippen LogP contribution is -2.51. The zero-order valence-corrected chi connectivity index (χ0v) is 12.2. The van der Waals surface area contributed by atoms with E-state index in [-0.39, 0.29) is 12.5 Å². The molecule has 0 aliphatic heterocycles. The van der Waals surface area contributed by atoms with Gasteiger partial charge in [0.05, 0.1) is 12.0 Å². The van der Waals surface area contributed by atoms with Crippen LogP contribution in [-0.4, -0.2) is 24.5 Å². The number of carbonyl (C=O) groups excluding carboxylic acids is 2. The molecular formula is C15H20NO4-. The highest BCUT2D eigenvalue weighted by Gasteiger charge is 2.17. The van der Waals surface area contributed by atoms with Crippen molar-refractivity contribution in [3.05, 3.63) is 29.3 Å². The van der Waals surface area contributed by atoms with Crippen LogP contribution in [0.3, 0.4) is 0 Å². The van der Waals surface area contributed by atoms with Crippen LogP contribution in [-0.2, 0) is 9.59 Å². The summed E-state index contributed by atoms with van der Waals surface area (Å²) in [5, 5.41) is 13.3. The molecule has 20 heavy (non-hydrogen) atoms. The molecule has 0 aliphatic rings. The van der Waals surface area contributed by atoms with Crippen molar-refractivity contribution < 1.29 is 19.4 Å². The zero-order valence-electron chi connectivity index (χ0n) is 12.2. The molecule has 0 fully saturated rings. The fraction of sp³-hybridized carbons (Fsp3) is 0.467. The highest BCUT2D eigenvalue weighted by Crippen LogP contribution is 2.18. The van der Waals surface area contributed by atoms with Gasteiger partial charge in [0.2, 0.25) is 0 Å². The monoisotopic (exact) mass is 278 g/mol. The summed E-state index contributed by atoms with van der Waals surface area (Å²) < 4.78 is 5.39. The molecule has 0 bridgehead atoms. The van der Waals surface area contributed by atoms with E-state index in [1.165, 1.54) is 0 Å². The molecule has 0 aliphatic carbocycles. The first-order valence-corrected chi connectivity index (χ1v) is 6.51. The van der Waals surface area contributed by atoms with Crippen molar-refractivity contribution in [1.82, 2.24) is 5.32 Å². The molecule has 1 rings (SSSR count). The van der Waals surface area contributed by atoms with Crippen molar-refractivity contribution in [2.24, 2.45) is 5.92 Å². The number of aliphatic carboxylic acids is 1. The van der Waals surface area contributed by atoms with Gasteiger partial charge in [-0.25, -0.2) is 0 Å². The second-order valence-electron chi connectivity index (χ2n) is 5.17. The van der Waals surface area contributed by atoms with Crippen LogP contribution in [0, 0.1) is 19.8 Å². The molecule has 0 aromatic heterocycles. The van der Waals surface area contributed by atoms with Crippen LogP contribution in [0.25, 0.3) is 0 Å². The predicted octanol–water partition coefficient (Wildman–Crippen LogP) is 0.573. The van der Waals surface area contributed by atoms with E-state index in [4.69, 9.17) is 4.74 Å². The minimum absolute atomic E-state index is 0.222. The first-order chi connectivity index (χ1) is 9.31. The summed E-state index contributed by atoms with van der Waals surface area (Å²) in [5.41, 5.74) is 2.04. The molecule has 5 heteroatoms. The van der Waals surface area contributed by atoms with Gasteiger partial charge in [-0.05, 0) is 31.4 Å². The summed E-state index contributed by atoms with van der Waals surface area (Å²) in [6, 6.07) is 4.62. The number of rotatable bonds is 6. The molecule has 5 nitrogen and oxygen atoms in total. The smallest absolute Gasteiger partial charge is 0.258 e. The predicted molar refractivity (Wildman–Crippen MR) is 73.2 cm³/mol. The van der Waals surface area contributed by atoms with Gasteiger partial charge in [0.1, 0.15) is 5.75 Å². The lowest BCUT2D eigenvalue weighted by Gasteiger charge is -2.23. The second-order valence-corrected chi connectivity index (χ2v) is 5.17. The van der Waals surface area contributed by atoms with E-state index in [2.05, 4.69) is 5.32 Å². The Kier molecular flexibility index (Phi) is 5.55. The third kappa shape index (κ3) is 4.57. The van der Waals surface area contributed by atoms with Crippen LogP contribution in [0.15, 0.2) is 18.2 Å². The molecule has 0 unspecified atom stereocenters. The number of amides is 1. The molecule has 1 aromatic rings. The van der Waals surface area contributed by atoms with Crippen molar-refractivity contribution >= 4 is 11.9 Å². The lowest BCUT2D eigenvalue weighted by molar-refractivity contribution is -0.309. The van der Waals surface area contributed by atoms with E-state index in [0.29, 0.717) is 5.75 Å².